The average molecular weight is 579 g/mol. The molecule has 0 spiro atoms. The number of imidazole rings is 1. The van der Waals surface area contributed by atoms with Gasteiger partial charge in [-0.1, -0.05) is 0 Å². The fourth-order valence-corrected chi connectivity index (χ4v) is 6.27. The molecule has 0 amide bonds. The minimum atomic E-state index is -5.73. The van der Waals surface area contributed by atoms with Gasteiger partial charge in [0.1, 0.15) is 18.3 Å². The van der Waals surface area contributed by atoms with Gasteiger partial charge in [-0.15, -0.1) is 0 Å². The quantitative estimate of drug-likeness (QED) is 0.184. The van der Waals surface area contributed by atoms with Crippen molar-refractivity contribution in [3.8, 4) is 0 Å². The predicted molar refractivity (Wildman–Crippen MR) is 117 cm³/mol. The number of phosphoric ester groups is 1. The molecule has 3 heterocycles. The number of nitrogen functional groups attached to an aromatic ring is 1. The lowest BCUT2D eigenvalue weighted by atomic mass is 10.1. The second kappa shape index (κ2) is 9.96. The Morgan fingerprint density at radius 3 is 2.39 bits per heavy atom. The van der Waals surface area contributed by atoms with Crippen LogP contribution in [0.4, 0.5) is 5.95 Å². The van der Waals surface area contributed by atoms with Crippen LogP contribution in [0.1, 0.15) is 27.0 Å². The summed E-state index contributed by atoms with van der Waals surface area (Å²) in [6.07, 6.45) is -4.23. The summed E-state index contributed by atoms with van der Waals surface area (Å²) in [7, 11) is -16.8. The highest BCUT2D eigenvalue weighted by Crippen LogP contribution is 2.66. The number of rotatable bonds is 9. The van der Waals surface area contributed by atoms with E-state index in [-0.39, 0.29) is 17.1 Å². The summed E-state index contributed by atoms with van der Waals surface area (Å²) >= 11 is 0. The number of phosphoric acid groups is 3. The number of aliphatic hydroxyl groups is 1. The lowest BCUT2D eigenvalue weighted by Gasteiger charge is -2.29. The van der Waals surface area contributed by atoms with E-state index in [0.29, 0.717) is 0 Å². The van der Waals surface area contributed by atoms with Crippen LogP contribution in [0.5, 0.6) is 0 Å². The Hall–Kier alpha value is -1.56. The molecule has 1 fully saturated rings. The standard InChI is InChI=1S/C14H24N5O14P3/c1-14(2,3)31-9-6(4-29-35(25,26)33-36(27,28)32-34(22,23)24)30-12(8(9)20)19-5-16-7-10(19)17-13(15)18-11(7)21/h5-6,8-9,12,20H,4H2,1-3H3,(H,25,26)(H,27,28)(H2,22,23,24)(H3,15,17,18,21). The summed E-state index contributed by atoms with van der Waals surface area (Å²) in [6, 6.07) is 0. The van der Waals surface area contributed by atoms with Gasteiger partial charge in [0.05, 0.1) is 18.5 Å². The molecule has 204 valence electrons. The molecule has 1 aliphatic rings. The zero-order valence-electron chi connectivity index (χ0n) is 18.8. The zero-order chi connectivity index (χ0) is 27.3. The minimum Gasteiger partial charge on any atom is -0.386 e. The van der Waals surface area contributed by atoms with E-state index in [1.165, 1.54) is 4.57 Å². The van der Waals surface area contributed by atoms with Crippen molar-refractivity contribution in [2.75, 3.05) is 12.3 Å². The number of fused-ring (bicyclic) bond motifs is 1. The van der Waals surface area contributed by atoms with Crippen LogP contribution in [0.15, 0.2) is 11.1 Å². The van der Waals surface area contributed by atoms with Crippen molar-refractivity contribution >= 4 is 40.6 Å². The van der Waals surface area contributed by atoms with Crippen LogP contribution in [0.3, 0.4) is 0 Å². The summed E-state index contributed by atoms with van der Waals surface area (Å²) in [4.78, 5) is 58.5. The molecule has 8 N–H and O–H groups in total. The Morgan fingerprint density at radius 2 is 1.81 bits per heavy atom. The van der Waals surface area contributed by atoms with E-state index in [4.69, 9.17) is 25.0 Å². The van der Waals surface area contributed by atoms with Crippen molar-refractivity contribution in [1.82, 2.24) is 19.5 Å². The molecule has 22 heteroatoms. The number of H-pyrrole nitrogens is 1. The molecule has 0 aliphatic carbocycles. The van der Waals surface area contributed by atoms with Crippen molar-refractivity contribution in [2.45, 2.75) is 50.9 Å². The monoisotopic (exact) mass is 579 g/mol. The highest BCUT2D eigenvalue weighted by atomic mass is 31.3. The molecule has 1 saturated heterocycles. The third-order valence-corrected chi connectivity index (χ3v) is 8.14. The average Bonchev–Trinajstić information content (AvgIpc) is 3.18. The Bertz CT molecular complexity index is 1320. The fourth-order valence-electron chi connectivity index (χ4n) is 3.24. The zero-order valence-corrected chi connectivity index (χ0v) is 21.4. The summed E-state index contributed by atoms with van der Waals surface area (Å²) in [5.41, 5.74) is 3.87. The Labute approximate surface area is 201 Å². The first kappa shape index (κ1) is 29.0. The predicted octanol–water partition coefficient (Wildman–Crippen LogP) is -0.513. The van der Waals surface area contributed by atoms with Gasteiger partial charge in [-0.25, -0.2) is 18.7 Å². The molecule has 0 saturated carbocycles. The molecule has 36 heavy (non-hydrogen) atoms. The summed E-state index contributed by atoms with van der Waals surface area (Å²) in [5, 5.41) is 10.9. The first-order valence-corrected chi connectivity index (χ1v) is 14.3. The molecular formula is C14H24N5O14P3. The highest BCUT2D eigenvalue weighted by Gasteiger charge is 2.49. The molecule has 6 unspecified atom stereocenters. The van der Waals surface area contributed by atoms with Crippen LogP contribution < -0.4 is 11.3 Å². The van der Waals surface area contributed by atoms with Crippen molar-refractivity contribution in [1.29, 1.82) is 0 Å². The number of aromatic amines is 1. The molecule has 1 aliphatic heterocycles. The van der Waals surface area contributed by atoms with E-state index in [0.717, 1.165) is 6.33 Å². The number of aromatic nitrogens is 4. The van der Waals surface area contributed by atoms with E-state index in [9.17, 15) is 33.4 Å². The Kier molecular flexibility index (Phi) is 8.02. The normalized spacial score (nSPS) is 26.7. The van der Waals surface area contributed by atoms with Crippen LogP contribution in [-0.2, 0) is 36.3 Å². The second-order valence-electron chi connectivity index (χ2n) is 8.41. The molecule has 0 bridgehead atoms. The van der Waals surface area contributed by atoms with Gasteiger partial charge in [0.15, 0.2) is 17.4 Å². The minimum absolute atomic E-state index is 0.0525. The number of ether oxygens (including phenoxy) is 2. The van der Waals surface area contributed by atoms with Gasteiger partial charge in [0.2, 0.25) is 5.95 Å². The SMILES string of the molecule is CC(C)(C)OC1C(COP(=O)(O)OP(=O)(O)OP(=O)(O)O)OC(n2cnc3c(=O)[nH]c(N)nc32)C1O. The molecule has 0 aromatic carbocycles. The summed E-state index contributed by atoms with van der Waals surface area (Å²) in [5.74, 6) is -0.242. The van der Waals surface area contributed by atoms with Crippen molar-refractivity contribution in [2.24, 2.45) is 0 Å². The maximum Gasteiger partial charge on any atom is 0.490 e. The topological polar surface area (TPSA) is 288 Å². The molecular weight excluding hydrogens is 555 g/mol. The number of hydrogen-bond acceptors (Lipinski definition) is 13. The third-order valence-electron chi connectivity index (χ3n) is 4.34. The van der Waals surface area contributed by atoms with Crippen LogP contribution in [0, 0.1) is 0 Å². The van der Waals surface area contributed by atoms with E-state index in [2.05, 4.69) is 28.1 Å². The number of hydrogen-bond donors (Lipinski definition) is 7. The van der Waals surface area contributed by atoms with Gasteiger partial charge < -0.3 is 39.9 Å². The van der Waals surface area contributed by atoms with Crippen LogP contribution >= 0.6 is 23.5 Å². The maximum absolute atomic E-state index is 12.1. The third kappa shape index (κ3) is 7.26. The number of nitrogens with two attached hydrogens (primary N) is 1. The molecule has 19 nitrogen and oxygen atoms in total. The maximum atomic E-state index is 12.1. The van der Waals surface area contributed by atoms with Crippen molar-refractivity contribution in [3.05, 3.63) is 16.7 Å². The lowest BCUT2D eigenvalue weighted by molar-refractivity contribution is -0.119. The van der Waals surface area contributed by atoms with Gasteiger partial charge >= 0.3 is 23.5 Å². The van der Waals surface area contributed by atoms with Gasteiger partial charge in [-0.05, 0) is 20.8 Å². The summed E-state index contributed by atoms with van der Waals surface area (Å²) in [6.45, 7) is 4.03. The smallest absolute Gasteiger partial charge is 0.386 e. The Morgan fingerprint density at radius 1 is 1.17 bits per heavy atom. The van der Waals surface area contributed by atoms with Gasteiger partial charge in [0.25, 0.3) is 5.56 Å². The fraction of sp³-hybridized carbons (Fsp3) is 0.643. The number of nitrogens with one attached hydrogen (secondary N) is 1. The summed E-state index contributed by atoms with van der Waals surface area (Å²) < 4.78 is 59.1. The van der Waals surface area contributed by atoms with Crippen molar-refractivity contribution in [3.63, 3.8) is 0 Å². The first-order valence-electron chi connectivity index (χ1n) is 9.79. The number of aliphatic hydroxyl groups excluding tert-OH is 1. The molecule has 3 rings (SSSR count). The highest BCUT2D eigenvalue weighted by molar-refractivity contribution is 7.66. The van der Waals surface area contributed by atoms with Crippen molar-refractivity contribution < 1.29 is 61.0 Å². The van der Waals surface area contributed by atoms with E-state index in [1.54, 1.807) is 20.8 Å². The largest absolute Gasteiger partial charge is 0.490 e. The first-order chi connectivity index (χ1) is 16.3. The number of anilines is 1. The second-order valence-corrected chi connectivity index (χ2v) is 12.8. The van der Waals surface area contributed by atoms with E-state index in [1.807, 2.05) is 0 Å². The van der Waals surface area contributed by atoms with Gasteiger partial charge in [0, 0.05) is 0 Å². The van der Waals surface area contributed by atoms with E-state index >= 15 is 0 Å². The Balaban J connectivity index is 1.85. The van der Waals surface area contributed by atoms with Crippen LogP contribution in [0.25, 0.3) is 11.2 Å². The molecule has 6 atom stereocenters. The number of nitrogens with zero attached hydrogens (tertiary/aromatic N) is 3. The molecule has 2 aromatic rings. The van der Waals surface area contributed by atoms with Crippen LogP contribution in [0.2, 0.25) is 0 Å². The lowest BCUT2D eigenvalue weighted by Crippen LogP contribution is -2.41. The molecule has 2 aromatic heterocycles. The van der Waals surface area contributed by atoms with Gasteiger partial charge in [-0.3, -0.25) is 18.9 Å². The van der Waals surface area contributed by atoms with Gasteiger partial charge in [-0.2, -0.15) is 13.6 Å². The van der Waals surface area contributed by atoms with E-state index < -0.39 is 65.8 Å². The molecule has 0 radical (unpaired) electrons. The van der Waals surface area contributed by atoms with Crippen LogP contribution in [-0.4, -0.2) is 74.7 Å².